The minimum Gasteiger partial charge on any atom is -0.331 e. The van der Waals surface area contributed by atoms with Crippen molar-refractivity contribution in [2.75, 3.05) is 5.32 Å². The predicted molar refractivity (Wildman–Crippen MR) is 102 cm³/mol. The molecule has 0 saturated heterocycles. The average Bonchev–Trinajstić information content (AvgIpc) is 2.61. The second kappa shape index (κ2) is 7.53. The van der Waals surface area contributed by atoms with E-state index in [0.717, 1.165) is 22.4 Å². The van der Waals surface area contributed by atoms with Crippen molar-refractivity contribution in [3.63, 3.8) is 0 Å². The number of fused-ring (bicyclic) bond motifs is 1. The SMILES string of the molecule is FC(F)(F)c1ccccc1NC(=S)NN=Cc1cccc2ccccc12. The van der Waals surface area contributed by atoms with Crippen LogP contribution in [0.4, 0.5) is 18.9 Å². The molecule has 0 bridgehead atoms. The molecule has 0 fully saturated rings. The van der Waals surface area contributed by atoms with Crippen LogP contribution in [0.3, 0.4) is 0 Å². The summed E-state index contributed by atoms with van der Waals surface area (Å²) in [4.78, 5) is 0. The van der Waals surface area contributed by atoms with Gasteiger partial charge in [-0.05, 0) is 35.1 Å². The molecule has 7 heteroatoms. The predicted octanol–water partition coefficient (Wildman–Crippen LogP) is 5.18. The molecule has 0 aliphatic rings. The molecule has 0 aliphatic heterocycles. The van der Waals surface area contributed by atoms with E-state index in [1.807, 2.05) is 42.5 Å². The lowest BCUT2D eigenvalue weighted by atomic mass is 10.1. The zero-order chi connectivity index (χ0) is 18.6. The van der Waals surface area contributed by atoms with Crippen LogP contribution in [0, 0.1) is 0 Å². The highest BCUT2D eigenvalue weighted by Crippen LogP contribution is 2.34. The monoisotopic (exact) mass is 373 g/mol. The Bertz CT molecular complexity index is 962. The van der Waals surface area contributed by atoms with E-state index in [4.69, 9.17) is 12.2 Å². The van der Waals surface area contributed by atoms with Gasteiger partial charge in [-0.25, -0.2) is 0 Å². The molecule has 3 aromatic rings. The van der Waals surface area contributed by atoms with Crippen LogP contribution >= 0.6 is 12.2 Å². The molecule has 0 aromatic heterocycles. The standard InChI is InChI=1S/C19H14F3N3S/c20-19(21,22)16-10-3-4-11-17(16)24-18(26)25-23-12-14-8-5-7-13-6-1-2-9-15(13)14/h1-12H,(H2,24,25,26). The van der Waals surface area contributed by atoms with Gasteiger partial charge >= 0.3 is 6.18 Å². The number of hydrogen-bond acceptors (Lipinski definition) is 2. The van der Waals surface area contributed by atoms with Crippen molar-refractivity contribution >= 4 is 40.0 Å². The van der Waals surface area contributed by atoms with Crippen LogP contribution < -0.4 is 10.7 Å². The summed E-state index contributed by atoms with van der Waals surface area (Å²) in [6, 6.07) is 18.7. The molecule has 2 N–H and O–H groups in total. The molecule has 0 radical (unpaired) electrons. The van der Waals surface area contributed by atoms with Gasteiger partial charge in [0, 0.05) is 5.56 Å². The number of para-hydroxylation sites is 1. The van der Waals surface area contributed by atoms with Crippen molar-refractivity contribution in [2.24, 2.45) is 5.10 Å². The number of rotatable bonds is 3. The quantitative estimate of drug-likeness (QED) is 0.377. The van der Waals surface area contributed by atoms with E-state index in [0.29, 0.717) is 0 Å². The topological polar surface area (TPSA) is 36.4 Å². The maximum absolute atomic E-state index is 13.0. The van der Waals surface area contributed by atoms with Gasteiger partial charge < -0.3 is 5.32 Å². The number of hydrazone groups is 1. The molecule has 26 heavy (non-hydrogen) atoms. The third-order valence-electron chi connectivity index (χ3n) is 3.67. The number of nitrogens with zero attached hydrogens (tertiary/aromatic N) is 1. The summed E-state index contributed by atoms with van der Waals surface area (Å²) in [5, 5.41) is 8.60. The zero-order valence-corrected chi connectivity index (χ0v) is 14.2. The maximum Gasteiger partial charge on any atom is 0.418 e. The smallest absolute Gasteiger partial charge is 0.331 e. The lowest BCUT2D eigenvalue weighted by molar-refractivity contribution is -0.136. The van der Waals surface area contributed by atoms with Gasteiger partial charge in [0.15, 0.2) is 5.11 Å². The molecule has 3 rings (SSSR count). The lowest BCUT2D eigenvalue weighted by Crippen LogP contribution is -2.25. The van der Waals surface area contributed by atoms with Crippen LogP contribution in [0.5, 0.6) is 0 Å². The molecule has 0 saturated carbocycles. The molecule has 0 unspecified atom stereocenters. The highest BCUT2D eigenvalue weighted by atomic mass is 32.1. The number of halogens is 3. The van der Waals surface area contributed by atoms with Crippen molar-refractivity contribution in [1.82, 2.24) is 5.43 Å². The highest BCUT2D eigenvalue weighted by Gasteiger charge is 2.33. The molecule has 132 valence electrons. The normalized spacial score (nSPS) is 11.7. The van der Waals surface area contributed by atoms with Gasteiger partial charge in [0.2, 0.25) is 0 Å². The average molecular weight is 373 g/mol. The fraction of sp³-hybridized carbons (Fsp3) is 0.0526. The van der Waals surface area contributed by atoms with Gasteiger partial charge in [-0.15, -0.1) is 0 Å². The molecule has 3 nitrogen and oxygen atoms in total. The van der Waals surface area contributed by atoms with E-state index >= 15 is 0 Å². The fourth-order valence-corrected chi connectivity index (χ4v) is 2.68. The van der Waals surface area contributed by atoms with E-state index in [9.17, 15) is 13.2 Å². The Morgan fingerprint density at radius 2 is 1.62 bits per heavy atom. The summed E-state index contributed by atoms with van der Waals surface area (Å²) in [7, 11) is 0. The first kappa shape index (κ1) is 17.9. The Labute approximate surface area is 153 Å². The Kier molecular flexibility index (Phi) is 5.18. The minimum absolute atomic E-state index is 0.0295. The fourth-order valence-electron chi connectivity index (χ4n) is 2.51. The number of alkyl halides is 3. The Morgan fingerprint density at radius 1 is 0.923 bits per heavy atom. The van der Waals surface area contributed by atoms with Gasteiger partial charge in [-0.3, -0.25) is 5.43 Å². The molecule has 3 aromatic carbocycles. The molecular formula is C19H14F3N3S. The third kappa shape index (κ3) is 4.18. The minimum atomic E-state index is -4.47. The van der Waals surface area contributed by atoms with Crippen LogP contribution in [-0.2, 0) is 6.18 Å². The van der Waals surface area contributed by atoms with Crippen molar-refractivity contribution < 1.29 is 13.2 Å². The highest BCUT2D eigenvalue weighted by molar-refractivity contribution is 7.80. The molecular weight excluding hydrogens is 359 g/mol. The van der Waals surface area contributed by atoms with Gasteiger partial charge in [0.05, 0.1) is 17.5 Å². The van der Waals surface area contributed by atoms with Crippen LogP contribution in [0.25, 0.3) is 10.8 Å². The second-order valence-electron chi connectivity index (χ2n) is 5.44. The molecule has 0 heterocycles. The number of nitrogens with one attached hydrogen (secondary N) is 2. The molecule has 0 amide bonds. The van der Waals surface area contributed by atoms with Crippen LogP contribution in [0.1, 0.15) is 11.1 Å². The van der Waals surface area contributed by atoms with Gasteiger partial charge in [-0.2, -0.15) is 18.3 Å². The van der Waals surface area contributed by atoms with Crippen LogP contribution in [0.15, 0.2) is 71.8 Å². The largest absolute Gasteiger partial charge is 0.418 e. The maximum atomic E-state index is 13.0. The molecule has 0 spiro atoms. The summed E-state index contributed by atoms with van der Waals surface area (Å²) in [5.41, 5.74) is 2.50. The Balaban J connectivity index is 1.71. The van der Waals surface area contributed by atoms with Gasteiger partial charge in [-0.1, -0.05) is 54.6 Å². The Hall–Kier alpha value is -2.93. The van der Waals surface area contributed by atoms with E-state index < -0.39 is 11.7 Å². The van der Waals surface area contributed by atoms with Gasteiger partial charge in [0.1, 0.15) is 0 Å². The second-order valence-corrected chi connectivity index (χ2v) is 5.84. The number of thiocarbonyl (C=S) groups is 1. The van der Waals surface area contributed by atoms with Crippen LogP contribution in [-0.4, -0.2) is 11.3 Å². The number of hydrogen-bond donors (Lipinski definition) is 2. The molecule has 0 atom stereocenters. The first-order chi connectivity index (χ1) is 12.4. The third-order valence-corrected chi connectivity index (χ3v) is 3.87. The number of anilines is 1. The van der Waals surface area contributed by atoms with E-state index in [1.54, 1.807) is 6.21 Å². The number of benzene rings is 3. The van der Waals surface area contributed by atoms with Crippen molar-refractivity contribution in [1.29, 1.82) is 0 Å². The summed E-state index contributed by atoms with van der Waals surface area (Å²) < 4.78 is 39.0. The van der Waals surface area contributed by atoms with E-state index in [-0.39, 0.29) is 10.8 Å². The summed E-state index contributed by atoms with van der Waals surface area (Å²) in [5.74, 6) is 0. The van der Waals surface area contributed by atoms with E-state index in [1.165, 1.54) is 18.2 Å². The Morgan fingerprint density at radius 3 is 2.42 bits per heavy atom. The van der Waals surface area contributed by atoms with E-state index in [2.05, 4.69) is 15.8 Å². The van der Waals surface area contributed by atoms with Crippen molar-refractivity contribution in [3.8, 4) is 0 Å². The summed E-state index contributed by atoms with van der Waals surface area (Å²) in [6.07, 6.45) is -2.89. The van der Waals surface area contributed by atoms with Crippen LogP contribution in [0.2, 0.25) is 0 Å². The first-order valence-electron chi connectivity index (χ1n) is 7.69. The van der Waals surface area contributed by atoms with Crippen molar-refractivity contribution in [3.05, 3.63) is 77.9 Å². The summed E-state index contributed by atoms with van der Waals surface area (Å²) in [6.45, 7) is 0. The first-order valence-corrected chi connectivity index (χ1v) is 8.10. The zero-order valence-electron chi connectivity index (χ0n) is 13.4. The summed E-state index contributed by atoms with van der Waals surface area (Å²) >= 11 is 5.03. The van der Waals surface area contributed by atoms with Gasteiger partial charge in [0.25, 0.3) is 0 Å². The van der Waals surface area contributed by atoms with Crippen molar-refractivity contribution in [2.45, 2.75) is 6.18 Å². The molecule has 0 aliphatic carbocycles. The lowest BCUT2D eigenvalue weighted by Gasteiger charge is -2.14.